The summed E-state index contributed by atoms with van der Waals surface area (Å²) in [4.78, 5) is 11.9. The van der Waals surface area contributed by atoms with Crippen LogP contribution in [0.1, 0.15) is 51.0 Å². The van der Waals surface area contributed by atoms with Crippen LogP contribution < -0.4 is 15.8 Å². The van der Waals surface area contributed by atoms with Crippen molar-refractivity contribution < 1.29 is 9.53 Å². The number of benzene rings is 1. The first-order chi connectivity index (χ1) is 10.6. The Morgan fingerprint density at radius 1 is 1.36 bits per heavy atom. The second kappa shape index (κ2) is 8.18. The Morgan fingerprint density at radius 2 is 2.14 bits per heavy atom. The summed E-state index contributed by atoms with van der Waals surface area (Å²) < 4.78 is 5.80. The first-order valence-electron chi connectivity index (χ1n) is 8.32. The van der Waals surface area contributed by atoms with Crippen molar-refractivity contribution in [2.75, 3.05) is 13.2 Å². The van der Waals surface area contributed by atoms with Gasteiger partial charge in [0.05, 0.1) is 6.54 Å². The van der Waals surface area contributed by atoms with E-state index in [-0.39, 0.29) is 11.9 Å². The molecule has 0 aliphatic heterocycles. The maximum atomic E-state index is 11.9. The molecule has 1 amide bonds. The Labute approximate surface area is 133 Å². The first kappa shape index (κ1) is 16.8. The smallest absolute Gasteiger partial charge is 0.220 e. The van der Waals surface area contributed by atoms with Crippen LogP contribution in [-0.4, -0.2) is 25.1 Å². The standard InChI is InChI=1S/C18H28N2O2/c1-13(2)15-7-3-4-9-17(15)22-11-10-20-18(21)12-14-6-5-8-16(14)19/h3-4,7,9,13-14,16H,5-6,8,10-12,19H2,1-2H3,(H,20,21)/t14-,16+/m0/s1. The highest BCUT2D eigenvalue weighted by Gasteiger charge is 2.25. The number of nitrogens with two attached hydrogens (primary N) is 1. The fraction of sp³-hybridized carbons (Fsp3) is 0.611. The predicted octanol–water partition coefficient (Wildman–Crippen LogP) is 2.82. The number of ether oxygens (including phenoxy) is 1. The van der Waals surface area contributed by atoms with Gasteiger partial charge in [0.2, 0.25) is 5.91 Å². The number of amides is 1. The van der Waals surface area contributed by atoms with Crippen molar-refractivity contribution in [3.05, 3.63) is 29.8 Å². The zero-order valence-corrected chi connectivity index (χ0v) is 13.7. The second-order valence-electron chi connectivity index (χ2n) is 6.45. The molecule has 1 fully saturated rings. The second-order valence-corrected chi connectivity index (χ2v) is 6.45. The minimum Gasteiger partial charge on any atom is -0.491 e. The Bertz CT molecular complexity index is 488. The summed E-state index contributed by atoms with van der Waals surface area (Å²) in [7, 11) is 0. The van der Waals surface area contributed by atoms with Gasteiger partial charge in [-0.05, 0) is 36.3 Å². The summed E-state index contributed by atoms with van der Waals surface area (Å²) in [5, 5.41) is 2.93. The molecular formula is C18H28N2O2. The van der Waals surface area contributed by atoms with Crippen molar-refractivity contribution in [3.8, 4) is 5.75 Å². The Morgan fingerprint density at radius 3 is 2.82 bits per heavy atom. The summed E-state index contributed by atoms with van der Waals surface area (Å²) in [6, 6.07) is 8.25. The van der Waals surface area contributed by atoms with E-state index in [1.165, 1.54) is 5.56 Å². The molecule has 2 rings (SSSR count). The molecule has 2 atom stereocenters. The lowest BCUT2D eigenvalue weighted by Crippen LogP contribution is -2.33. The third kappa shape index (κ3) is 4.73. The fourth-order valence-electron chi connectivity index (χ4n) is 3.07. The molecule has 22 heavy (non-hydrogen) atoms. The van der Waals surface area contributed by atoms with Crippen molar-refractivity contribution in [1.29, 1.82) is 0 Å². The highest BCUT2D eigenvalue weighted by molar-refractivity contribution is 5.76. The molecule has 0 saturated heterocycles. The van der Waals surface area contributed by atoms with Crippen LogP contribution in [0, 0.1) is 5.92 Å². The van der Waals surface area contributed by atoms with Crippen LogP contribution in [0.3, 0.4) is 0 Å². The largest absolute Gasteiger partial charge is 0.491 e. The van der Waals surface area contributed by atoms with E-state index in [0.717, 1.165) is 25.0 Å². The maximum Gasteiger partial charge on any atom is 0.220 e. The van der Waals surface area contributed by atoms with Crippen molar-refractivity contribution in [2.45, 2.75) is 51.5 Å². The Hall–Kier alpha value is -1.55. The number of hydrogen-bond acceptors (Lipinski definition) is 3. The lowest BCUT2D eigenvalue weighted by molar-refractivity contribution is -0.122. The van der Waals surface area contributed by atoms with Gasteiger partial charge in [-0.25, -0.2) is 0 Å². The van der Waals surface area contributed by atoms with Gasteiger partial charge < -0.3 is 15.8 Å². The molecule has 4 nitrogen and oxygen atoms in total. The number of para-hydroxylation sites is 1. The molecule has 1 aromatic rings. The van der Waals surface area contributed by atoms with E-state index < -0.39 is 0 Å². The normalized spacial score (nSPS) is 21.1. The number of rotatable bonds is 7. The SMILES string of the molecule is CC(C)c1ccccc1OCCNC(=O)C[C@@H]1CCC[C@H]1N. The number of nitrogens with one attached hydrogen (secondary N) is 1. The highest BCUT2D eigenvalue weighted by atomic mass is 16.5. The quantitative estimate of drug-likeness (QED) is 0.761. The number of carbonyl (C=O) groups is 1. The molecule has 4 heteroatoms. The van der Waals surface area contributed by atoms with Crippen molar-refractivity contribution >= 4 is 5.91 Å². The minimum absolute atomic E-state index is 0.0862. The van der Waals surface area contributed by atoms with Gasteiger partial charge in [0.25, 0.3) is 0 Å². The molecular weight excluding hydrogens is 276 g/mol. The van der Waals surface area contributed by atoms with Gasteiger partial charge in [-0.3, -0.25) is 4.79 Å². The van der Waals surface area contributed by atoms with Gasteiger partial charge in [-0.2, -0.15) is 0 Å². The van der Waals surface area contributed by atoms with Crippen LogP contribution >= 0.6 is 0 Å². The molecule has 0 radical (unpaired) electrons. The third-order valence-electron chi connectivity index (χ3n) is 4.39. The molecule has 1 aliphatic carbocycles. The number of hydrogen-bond donors (Lipinski definition) is 2. The van der Waals surface area contributed by atoms with Gasteiger partial charge in [0, 0.05) is 12.5 Å². The summed E-state index contributed by atoms with van der Waals surface area (Å²) in [6.45, 7) is 5.32. The summed E-state index contributed by atoms with van der Waals surface area (Å²) >= 11 is 0. The van der Waals surface area contributed by atoms with Gasteiger partial charge in [-0.1, -0.05) is 38.5 Å². The van der Waals surface area contributed by atoms with Gasteiger partial charge in [0.1, 0.15) is 12.4 Å². The molecule has 0 unspecified atom stereocenters. The average Bonchev–Trinajstić information content (AvgIpc) is 2.89. The molecule has 1 aromatic carbocycles. The predicted molar refractivity (Wildman–Crippen MR) is 89.0 cm³/mol. The maximum absolute atomic E-state index is 11.9. The van der Waals surface area contributed by atoms with Gasteiger partial charge in [0.15, 0.2) is 0 Å². The molecule has 0 heterocycles. The van der Waals surface area contributed by atoms with E-state index in [0.29, 0.717) is 31.4 Å². The van der Waals surface area contributed by atoms with E-state index in [4.69, 9.17) is 10.5 Å². The monoisotopic (exact) mass is 304 g/mol. The topological polar surface area (TPSA) is 64.3 Å². The van der Waals surface area contributed by atoms with Crippen LogP contribution in [0.5, 0.6) is 5.75 Å². The molecule has 3 N–H and O–H groups in total. The molecule has 122 valence electrons. The van der Waals surface area contributed by atoms with E-state index in [2.05, 4.69) is 25.2 Å². The summed E-state index contributed by atoms with van der Waals surface area (Å²) in [5.41, 5.74) is 7.20. The summed E-state index contributed by atoms with van der Waals surface area (Å²) in [6.07, 6.45) is 3.82. The highest BCUT2D eigenvalue weighted by Crippen LogP contribution is 2.27. The molecule has 0 spiro atoms. The minimum atomic E-state index is 0.0862. The van der Waals surface area contributed by atoms with Crippen molar-refractivity contribution in [1.82, 2.24) is 5.32 Å². The zero-order chi connectivity index (χ0) is 15.9. The molecule has 0 aromatic heterocycles. The number of carbonyl (C=O) groups excluding carboxylic acids is 1. The van der Waals surface area contributed by atoms with Gasteiger partial charge >= 0.3 is 0 Å². The van der Waals surface area contributed by atoms with E-state index in [9.17, 15) is 4.79 Å². The van der Waals surface area contributed by atoms with Gasteiger partial charge in [-0.15, -0.1) is 0 Å². The first-order valence-corrected chi connectivity index (χ1v) is 8.32. The van der Waals surface area contributed by atoms with E-state index >= 15 is 0 Å². The summed E-state index contributed by atoms with van der Waals surface area (Å²) in [5.74, 6) is 1.77. The van der Waals surface area contributed by atoms with Crippen LogP contribution in [0.4, 0.5) is 0 Å². The van der Waals surface area contributed by atoms with Crippen molar-refractivity contribution in [3.63, 3.8) is 0 Å². The van der Waals surface area contributed by atoms with Crippen LogP contribution in [0.15, 0.2) is 24.3 Å². The van der Waals surface area contributed by atoms with Crippen LogP contribution in [0.25, 0.3) is 0 Å². The van der Waals surface area contributed by atoms with E-state index in [1.54, 1.807) is 0 Å². The lowest BCUT2D eigenvalue weighted by Gasteiger charge is -2.16. The van der Waals surface area contributed by atoms with E-state index in [1.807, 2.05) is 18.2 Å². The molecule has 1 saturated carbocycles. The van der Waals surface area contributed by atoms with Crippen molar-refractivity contribution in [2.24, 2.45) is 11.7 Å². The fourth-order valence-corrected chi connectivity index (χ4v) is 3.07. The zero-order valence-electron chi connectivity index (χ0n) is 13.7. The lowest BCUT2D eigenvalue weighted by atomic mass is 10.00. The van der Waals surface area contributed by atoms with Crippen LogP contribution in [-0.2, 0) is 4.79 Å². The average molecular weight is 304 g/mol. The third-order valence-corrected chi connectivity index (χ3v) is 4.39. The van der Waals surface area contributed by atoms with Crippen LogP contribution in [0.2, 0.25) is 0 Å². The molecule has 0 bridgehead atoms. The Kier molecular flexibility index (Phi) is 6.25. The Balaban J connectivity index is 1.70. The molecule has 1 aliphatic rings.